The zero-order chi connectivity index (χ0) is 25.9. The molecule has 0 N–H and O–H groups in total. The Kier molecular flexibility index (Phi) is 7.06. The topological polar surface area (TPSA) is 74.4 Å². The number of hydrogen-bond donors (Lipinski definition) is 0. The molecule has 0 fully saturated rings. The number of nitrogens with zero attached hydrogens (tertiary/aromatic N) is 2. The van der Waals surface area contributed by atoms with Gasteiger partial charge in [-0.05, 0) is 46.1 Å². The van der Waals surface area contributed by atoms with Gasteiger partial charge in [0.2, 0.25) is 0 Å². The number of aryl methyl sites for hydroxylation is 1. The number of nitro benzene ring substituents is 1. The highest BCUT2D eigenvalue weighted by Crippen LogP contribution is 2.37. The molecule has 6 nitrogen and oxygen atoms in total. The van der Waals surface area contributed by atoms with Crippen molar-refractivity contribution in [3.8, 4) is 5.69 Å². The molecule has 0 bridgehead atoms. The molecule has 36 heavy (non-hydrogen) atoms. The average Bonchev–Trinajstić information content (AvgIpc) is 2.86. The molecular formula is C29H30N2O4Si. The van der Waals surface area contributed by atoms with Crippen LogP contribution in [0.5, 0.6) is 0 Å². The van der Waals surface area contributed by atoms with Crippen LogP contribution in [0.4, 0.5) is 5.69 Å². The van der Waals surface area contributed by atoms with E-state index >= 15 is 0 Å². The highest BCUT2D eigenvalue weighted by molar-refractivity contribution is 6.99. The van der Waals surface area contributed by atoms with Crippen molar-refractivity contribution in [1.29, 1.82) is 0 Å². The van der Waals surface area contributed by atoms with Crippen molar-refractivity contribution in [2.75, 3.05) is 0 Å². The summed E-state index contributed by atoms with van der Waals surface area (Å²) in [6, 6.07) is 28.7. The summed E-state index contributed by atoms with van der Waals surface area (Å²) in [7, 11) is -2.81. The van der Waals surface area contributed by atoms with Crippen LogP contribution >= 0.6 is 0 Å². The van der Waals surface area contributed by atoms with Crippen molar-refractivity contribution < 1.29 is 9.35 Å². The Hall–Kier alpha value is -3.81. The van der Waals surface area contributed by atoms with Crippen LogP contribution in [0.2, 0.25) is 5.04 Å². The fraction of sp³-hybridized carbons (Fsp3) is 0.207. The lowest BCUT2D eigenvalue weighted by Crippen LogP contribution is -2.66. The second kappa shape index (κ2) is 10.0. The van der Waals surface area contributed by atoms with Crippen LogP contribution in [-0.2, 0) is 11.0 Å². The summed E-state index contributed by atoms with van der Waals surface area (Å²) in [5.74, 6) is 0. The largest absolute Gasteiger partial charge is 0.403 e. The van der Waals surface area contributed by atoms with Crippen LogP contribution in [0.15, 0.2) is 102 Å². The van der Waals surface area contributed by atoms with E-state index in [9.17, 15) is 14.9 Å². The van der Waals surface area contributed by atoms with Crippen molar-refractivity contribution in [3.63, 3.8) is 0 Å². The van der Waals surface area contributed by atoms with Crippen LogP contribution in [0.1, 0.15) is 31.9 Å². The average molecular weight is 499 g/mol. The van der Waals surface area contributed by atoms with Gasteiger partial charge in [-0.1, -0.05) is 81.4 Å². The van der Waals surface area contributed by atoms with Gasteiger partial charge in [-0.3, -0.25) is 19.5 Å². The summed E-state index contributed by atoms with van der Waals surface area (Å²) in [5, 5.41) is 13.2. The maximum absolute atomic E-state index is 13.5. The minimum absolute atomic E-state index is 0.00419. The molecular weight excluding hydrogens is 468 g/mol. The Morgan fingerprint density at radius 1 is 0.889 bits per heavy atom. The molecule has 4 aromatic rings. The molecule has 0 spiro atoms. The Morgan fingerprint density at radius 3 is 1.97 bits per heavy atom. The third kappa shape index (κ3) is 4.67. The van der Waals surface area contributed by atoms with Gasteiger partial charge in [-0.2, -0.15) is 0 Å². The van der Waals surface area contributed by atoms with E-state index in [-0.39, 0.29) is 22.9 Å². The van der Waals surface area contributed by atoms with Gasteiger partial charge < -0.3 is 4.43 Å². The second-order valence-corrected chi connectivity index (χ2v) is 14.2. The minimum atomic E-state index is -2.81. The summed E-state index contributed by atoms with van der Waals surface area (Å²) < 4.78 is 8.47. The molecule has 0 amide bonds. The normalized spacial score (nSPS) is 11.9. The molecule has 4 rings (SSSR count). The van der Waals surface area contributed by atoms with E-state index < -0.39 is 13.2 Å². The molecule has 0 aliphatic carbocycles. The molecule has 0 unspecified atom stereocenters. The van der Waals surface area contributed by atoms with Crippen LogP contribution in [-0.4, -0.2) is 17.8 Å². The van der Waals surface area contributed by atoms with Crippen LogP contribution in [0, 0.1) is 17.0 Å². The van der Waals surface area contributed by atoms with Gasteiger partial charge in [-0.25, -0.2) is 0 Å². The SMILES string of the molecule is Cc1cc([N+](=O)[O-])ccc1-n1cccc(CO[Si](c2ccccc2)(c2ccccc2)C(C)(C)C)c1=O. The number of aromatic nitrogens is 1. The number of non-ortho nitro benzene ring substituents is 1. The lowest BCUT2D eigenvalue weighted by Gasteiger charge is -2.43. The molecule has 7 heteroatoms. The molecule has 3 aromatic carbocycles. The maximum Gasteiger partial charge on any atom is 0.269 e. The Bertz CT molecular complexity index is 1390. The molecule has 0 atom stereocenters. The zero-order valence-electron chi connectivity index (χ0n) is 21.0. The highest BCUT2D eigenvalue weighted by Gasteiger charge is 2.50. The number of pyridine rings is 1. The van der Waals surface area contributed by atoms with Crippen molar-refractivity contribution in [2.45, 2.75) is 39.3 Å². The summed E-state index contributed by atoms with van der Waals surface area (Å²) in [4.78, 5) is 24.2. The minimum Gasteiger partial charge on any atom is -0.403 e. The first-order chi connectivity index (χ1) is 17.1. The van der Waals surface area contributed by atoms with Gasteiger partial charge in [0.05, 0.1) is 17.2 Å². The second-order valence-electron chi connectivity index (χ2n) is 9.89. The van der Waals surface area contributed by atoms with Gasteiger partial charge in [0.1, 0.15) is 0 Å². The van der Waals surface area contributed by atoms with E-state index in [1.54, 1.807) is 25.3 Å². The lowest BCUT2D eigenvalue weighted by molar-refractivity contribution is -0.384. The Labute approximate surface area is 212 Å². The van der Waals surface area contributed by atoms with E-state index in [2.05, 4.69) is 45.0 Å². The molecule has 0 saturated heterocycles. The number of benzene rings is 3. The van der Waals surface area contributed by atoms with E-state index in [1.807, 2.05) is 42.5 Å². The number of nitro groups is 1. The number of hydrogen-bond acceptors (Lipinski definition) is 4. The fourth-order valence-electron chi connectivity index (χ4n) is 4.81. The zero-order valence-corrected chi connectivity index (χ0v) is 22.0. The predicted molar refractivity (Wildman–Crippen MR) is 146 cm³/mol. The van der Waals surface area contributed by atoms with E-state index in [0.29, 0.717) is 16.8 Å². The maximum atomic E-state index is 13.5. The van der Waals surface area contributed by atoms with Gasteiger partial charge in [0.15, 0.2) is 0 Å². The van der Waals surface area contributed by atoms with E-state index in [4.69, 9.17) is 4.43 Å². The standard InChI is InChI=1S/C29H30N2O4Si/c1-22-20-24(31(33)34)17-18-27(22)30-19-11-12-23(28(30)32)21-35-36(29(2,3)4,25-13-7-5-8-14-25)26-15-9-6-10-16-26/h5-20H,21H2,1-4H3. The first-order valence-electron chi connectivity index (χ1n) is 11.9. The van der Waals surface area contributed by atoms with Crippen LogP contribution in [0.3, 0.4) is 0 Å². The molecule has 1 aromatic heterocycles. The smallest absolute Gasteiger partial charge is 0.269 e. The Morgan fingerprint density at radius 2 is 1.47 bits per heavy atom. The molecule has 1 heterocycles. The lowest BCUT2D eigenvalue weighted by atomic mass is 10.1. The first-order valence-corrected chi connectivity index (χ1v) is 13.8. The van der Waals surface area contributed by atoms with Crippen molar-refractivity contribution in [1.82, 2.24) is 4.57 Å². The van der Waals surface area contributed by atoms with Gasteiger partial charge >= 0.3 is 0 Å². The third-order valence-electron chi connectivity index (χ3n) is 6.54. The molecule has 0 saturated carbocycles. The molecule has 0 aliphatic rings. The van der Waals surface area contributed by atoms with Gasteiger partial charge in [-0.15, -0.1) is 0 Å². The summed E-state index contributed by atoms with van der Waals surface area (Å²) in [6.07, 6.45) is 1.68. The summed E-state index contributed by atoms with van der Waals surface area (Å²) >= 11 is 0. The summed E-state index contributed by atoms with van der Waals surface area (Å²) in [6.45, 7) is 8.51. The predicted octanol–water partition coefficient (Wildman–Crippen LogP) is 5.13. The molecule has 0 radical (unpaired) electrons. The van der Waals surface area contributed by atoms with Crippen LogP contribution < -0.4 is 15.9 Å². The first kappa shape index (κ1) is 25.3. The third-order valence-corrected chi connectivity index (χ3v) is 11.5. The van der Waals surface area contributed by atoms with Gasteiger partial charge in [0, 0.05) is 23.9 Å². The van der Waals surface area contributed by atoms with Crippen molar-refractivity contribution in [2.24, 2.45) is 0 Å². The monoisotopic (exact) mass is 498 g/mol. The van der Waals surface area contributed by atoms with E-state index in [0.717, 1.165) is 10.4 Å². The summed E-state index contributed by atoms with van der Waals surface area (Å²) in [5.41, 5.74) is 1.58. The highest BCUT2D eigenvalue weighted by atomic mass is 28.4. The molecule has 184 valence electrons. The fourth-order valence-corrected chi connectivity index (χ4v) is 9.34. The van der Waals surface area contributed by atoms with Crippen molar-refractivity contribution >= 4 is 24.4 Å². The van der Waals surface area contributed by atoms with E-state index in [1.165, 1.54) is 16.7 Å². The number of rotatable bonds is 7. The Balaban J connectivity index is 1.78. The quantitative estimate of drug-likeness (QED) is 0.201. The van der Waals surface area contributed by atoms with Gasteiger partial charge in [0.25, 0.3) is 19.6 Å². The van der Waals surface area contributed by atoms with Crippen LogP contribution in [0.25, 0.3) is 5.69 Å². The molecule has 0 aliphatic heterocycles. The van der Waals surface area contributed by atoms with Crippen molar-refractivity contribution in [3.05, 3.63) is 129 Å².